The van der Waals surface area contributed by atoms with Crippen molar-refractivity contribution in [2.24, 2.45) is 5.92 Å². The fourth-order valence-corrected chi connectivity index (χ4v) is 6.83. The van der Waals surface area contributed by atoms with Crippen molar-refractivity contribution in [2.45, 2.75) is 55.7 Å². The zero-order valence-electron chi connectivity index (χ0n) is 22.3. The second-order valence-electron chi connectivity index (χ2n) is 10.1. The number of carboxylic acid groups (broad SMARTS) is 1. The lowest BCUT2D eigenvalue weighted by molar-refractivity contribution is -0.192. The lowest BCUT2D eigenvalue weighted by Crippen LogP contribution is -2.39. The lowest BCUT2D eigenvalue weighted by atomic mass is 10.00. The maximum Gasteiger partial charge on any atom is 0.490 e. The molecule has 0 aliphatic carbocycles. The van der Waals surface area contributed by atoms with E-state index in [0.717, 1.165) is 23.8 Å². The molecule has 8 nitrogen and oxygen atoms in total. The second-order valence-corrected chi connectivity index (χ2v) is 12.4. The molecule has 0 bridgehead atoms. The van der Waals surface area contributed by atoms with E-state index in [-0.39, 0.29) is 22.9 Å². The molecule has 234 valence electrons. The molecule has 3 atom stereocenters. The van der Waals surface area contributed by atoms with Gasteiger partial charge in [-0.2, -0.15) is 30.6 Å². The summed E-state index contributed by atoms with van der Waals surface area (Å²) in [5.74, 6) is -4.44. The number of fused-ring (bicyclic) bond motifs is 1. The first-order valence-corrected chi connectivity index (χ1v) is 14.6. The van der Waals surface area contributed by atoms with E-state index in [1.807, 2.05) is 12.1 Å². The Morgan fingerprint density at radius 2 is 1.74 bits per heavy atom. The summed E-state index contributed by atoms with van der Waals surface area (Å²) in [5, 5.41) is 20.8. The Labute approximate surface area is 243 Å². The summed E-state index contributed by atoms with van der Waals surface area (Å²) >= 11 is 6.29. The number of aliphatic carboxylic acids is 1. The van der Waals surface area contributed by atoms with Gasteiger partial charge in [0, 0.05) is 38.8 Å². The molecule has 0 aromatic heterocycles. The zero-order valence-corrected chi connectivity index (χ0v) is 23.9. The summed E-state index contributed by atoms with van der Waals surface area (Å²) in [5.41, 5.74) is 3.03. The molecule has 2 aromatic carbocycles. The fraction of sp³-hybridized carbons (Fsp3) is 0.500. The average Bonchev–Trinajstić information content (AvgIpc) is 3.31. The smallest absolute Gasteiger partial charge is 0.475 e. The summed E-state index contributed by atoms with van der Waals surface area (Å²) in [6, 6.07) is 11.5. The number of nitrogens with one attached hydrogen (secondary N) is 1. The molecule has 1 fully saturated rings. The Kier molecular flexibility index (Phi) is 10.8. The molecule has 2 heterocycles. The van der Waals surface area contributed by atoms with Crippen LogP contribution in [-0.4, -0.2) is 84.5 Å². The van der Waals surface area contributed by atoms with Crippen molar-refractivity contribution in [2.75, 3.05) is 31.5 Å². The van der Waals surface area contributed by atoms with Gasteiger partial charge in [0.15, 0.2) is 0 Å². The van der Waals surface area contributed by atoms with Crippen LogP contribution in [0.15, 0.2) is 47.4 Å². The molecule has 2 aliphatic rings. The van der Waals surface area contributed by atoms with E-state index in [9.17, 15) is 39.9 Å². The molecule has 0 amide bonds. The van der Waals surface area contributed by atoms with E-state index in [1.165, 1.54) is 36.2 Å². The third kappa shape index (κ3) is 8.72. The van der Waals surface area contributed by atoms with Crippen molar-refractivity contribution in [3.8, 4) is 0 Å². The molecule has 3 N–H and O–H groups in total. The summed E-state index contributed by atoms with van der Waals surface area (Å²) in [7, 11) is -4.13. The number of aliphatic hydroxyl groups excluding tert-OH is 1. The minimum Gasteiger partial charge on any atom is -0.475 e. The Balaban J connectivity index is 0.000000616. The predicted octanol–water partition coefficient (Wildman–Crippen LogP) is 4.77. The highest BCUT2D eigenvalue weighted by molar-refractivity contribution is 7.89. The van der Waals surface area contributed by atoms with E-state index in [1.54, 1.807) is 0 Å². The van der Waals surface area contributed by atoms with Gasteiger partial charge < -0.3 is 15.5 Å². The van der Waals surface area contributed by atoms with E-state index in [4.69, 9.17) is 21.5 Å². The number of aliphatic hydroxyl groups is 1. The number of anilines is 1. The van der Waals surface area contributed by atoms with Crippen LogP contribution >= 0.6 is 11.6 Å². The summed E-state index contributed by atoms with van der Waals surface area (Å²) in [6.45, 7) is 3.18. The van der Waals surface area contributed by atoms with Crippen molar-refractivity contribution in [3.05, 3.63) is 58.6 Å². The van der Waals surface area contributed by atoms with Crippen LogP contribution in [0.1, 0.15) is 24.5 Å². The molecule has 1 unspecified atom stereocenters. The standard InChI is InChI=1S/C24H29ClF3N3O3S.C2HF3O2/c1-16-10-19(24(26,27)28)14-31(16)35(33,34)21-6-7-23(22(25)11-21)29-12-20(32)15-30-9-8-17-4-2-3-5-18(17)13-30;3-2(4,5)1(6)7/h2-7,11,16,19-20,29,32H,8-10,12-15H2,1H3;(H,6,7)/t16-,19+,20?;/m1./s1. The predicted molar refractivity (Wildman–Crippen MR) is 143 cm³/mol. The SMILES string of the molecule is C[C@@H]1C[C@H](C(F)(F)F)CN1S(=O)(=O)c1ccc(NCC(O)CN2CCc3ccccc3C2)c(Cl)c1.O=C(O)C(F)(F)F. The number of nitrogens with zero attached hydrogens (tertiary/aromatic N) is 2. The molecular formula is C26H30ClF6N3O5S. The van der Waals surface area contributed by atoms with E-state index in [0.29, 0.717) is 12.2 Å². The Bertz CT molecular complexity index is 1360. The highest BCUT2D eigenvalue weighted by atomic mass is 35.5. The Morgan fingerprint density at radius 3 is 2.29 bits per heavy atom. The van der Waals surface area contributed by atoms with Crippen molar-refractivity contribution < 1.29 is 49.8 Å². The maximum absolute atomic E-state index is 13.1. The fourth-order valence-electron chi connectivity index (χ4n) is 4.81. The number of alkyl halides is 6. The molecule has 0 radical (unpaired) electrons. The minimum absolute atomic E-state index is 0.115. The quantitative estimate of drug-likeness (QED) is 0.373. The normalized spacial score (nSPS) is 20.8. The van der Waals surface area contributed by atoms with Gasteiger partial charge >= 0.3 is 18.3 Å². The van der Waals surface area contributed by atoms with Crippen LogP contribution < -0.4 is 5.32 Å². The molecule has 42 heavy (non-hydrogen) atoms. The summed E-state index contributed by atoms with van der Waals surface area (Å²) in [6.07, 6.45) is -9.54. The number of halogens is 7. The van der Waals surface area contributed by atoms with Crippen molar-refractivity contribution >= 4 is 33.3 Å². The van der Waals surface area contributed by atoms with Crippen molar-refractivity contribution in [1.82, 2.24) is 9.21 Å². The molecule has 0 saturated carbocycles. The zero-order chi connectivity index (χ0) is 31.5. The monoisotopic (exact) mass is 645 g/mol. The number of benzene rings is 2. The van der Waals surface area contributed by atoms with Gasteiger partial charge in [0.1, 0.15) is 0 Å². The first-order valence-electron chi connectivity index (χ1n) is 12.8. The van der Waals surface area contributed by atoms with Crippen LogP contribution in [0.5, 0.6) is 0 Å². The first kappa shape index (κ1) is 33.9. The Hall–Kier alpha value is -2.59. The number of hydrogen-bond donors (Lipinski definition) is 3. The van der Waals surface area contributed by atoms with Gasteiger partial charge in [-0.15, -0.1) is 0 Å². The molecule has 0 spiro atoms. The van der Waals surface area contributed by atoms with Crippen molar-refractivity contribution in [3.63, 3.8) is 0 Å². The van der Waals surface area contributed by atoms with Crippen LogP contribution in [0.3, 0.4) is 0 Å². The second kappa shape index (κ2) is 13.4. The summed E-state index contributed by atoms with van der Waals surface area (Å²) in [4.78, 5) is 10.9. The highest BCUT2D eigenvalue weighted by Gasteiger charge is 2.49. The lowest BCUT2D eigenvalue weighted by Gasteiger charge is -2.30. The van der Waals surface area contributed by atoms with E-state index < -0.39 is 53.0 Å². The number of carboxylic acids is 1. The third-order valence-electron chi connectivity index (χ3n) is 6.98. The molecule has 4 rings (SSSR count). The maximum atomic E-state index is 13.1. The number of carbonyl (C=O) groups is 1. The molecule has 2 aromatic rings. The van der Waals surface area contributed by atoms with Crippen LogP contribution in [0, 0.1) is 5.92 Å². The Morgan fingerprint density at radius 1 is 1.12 bits per heavy atom. The van der Waals surface area contributed by atoms with E-state index >= 15 is 0 Å². The van der Waals surface area contributed by atoms with Crippen molar-refractivity contribution in [1.29, 1.82) is 0 Å². The largest absolute Gasteiger partial charge is 0.490 e. The topological polar surface area (TPSA) is 110 Å². The van der Waals surface area contributed by atoms with Crippen LogP contribution in [-0.2, 0) is 27.8 Å². The number of hydrogen-bond acceptors (Lipinski definition) is 6. The molecule has 16 heteroatoms. The van der Waals surface area contributed by atoms with Gasteiger partial charge in [0.2, 0.25) is 10.0 Å². The van der Waals surface area contributed by atoms with Gasteiger partial charge in [-0.3, -0.25) is 4.90 Å². The van der Waals surface area contributed by atoms with Gasteiger partial charge in [0.05, 0.1) is 27.6 Å². The molecular weight excluding hydrogens is 616 g/mol. The van der Waals surface area contributed by atoms with Crippen LogP contribution in [0.25, 0.3) is 0 Å². The molecule has 2 aliphatic heterocycles. The number of sulfonamides is 1. The van der Waals surface area contributed by atoms with Gasteiger partial charge in [-0.25, -0.2) is 13.2 Å². The van der Waals surface area contributed by atoms with Gasteiger partial charge in [0.25, 0.3) is 0 Å². The third-order valence-corrected chi connectivity index (χ3v) is 9.27. The molecule has 1 saturated heterocycles. The number of β-amino-alcohol motifs (C(OH)–C–C–N with tert-alkyl or cyclic N) is 1. The first-order chi connectivity index (χ1) is 19.4. The van der Waals surface area contributed by atoms with Crippen LogP contribution in [0.2, 0.25) is 5.02 Å². The van der Waals surface area contributed by atoms with Gasteiger partial charge in [-0.05, 0) is 49.1 Å². The number of rotatable bonds is 7. The van der Waals surface area contributed by atoms with Gasteiger partial charge in [-0.1, -0.05) is 35.9 Å². The highest BCUT2D eigenvalue weighted by Crippen LogP contribution is 2.39. The average molecular weight is 646 g/mol. The minimum atomic E-state index is -5.08. The summed E-state index contributed by atoms with van der Waals surface area (Å²) < 4.78 is 97.9. The van der Waals surface area contributed by atoms with E-state index in [2.05, 4.69) is 22.3 Å². The van der Waals surface area contributed by atoms with Crippen LogP contribution in [0.4, 0.5) is 32.0 Å².